The molecule has 0 bridgehead atoms. The van der Waals surface area contributed by atoms with Crippen molar-refractivity contribution in [1.82, 2.24) is 20.0 Å². The number of nitrogens with zero attached hydrogens (tertiary/aromatic N) is 4. The first-order valence-electron chi connectivity index (χ1n) is 11.1. The number of carbonyl (C=O) groups excluding carboxylic acids is 2. The first-order chi connectivity index (χ1) is 14.5. The molecule has 8 heteroatoms. The number of nitrogens with one attached hydrogen (secondary N) is 1. The van der Waals surface area contributed by atoms with Crippen molar-refractivity contribution in [2.75, 3.05) is 38.2 Å². The number of anilines is 1. The maximum Gasteiger partial charge on any atom is 0.327 e. The third kappa shape index (κ3) is 3.52. The summed E-state index contributed by atoms with van der Waals surface area (Å²) in [6, 6.07) is 7.53. The van der Waals surface area contributed by atoms with Gasteiger partial charge in [-0.25, -0.2) is 4.79 Å². The van der Waals surface area contributed by atoms with Crippen LogP contribution < -0.4 is 15.0 Å². The minimum Gasteiger partial charge on any atom is -0.494 e. The molecule has 0 spiro atoms. The van der Waals surface area contributed by atoms with Crippen molar-refractivity contribution in [1.29, 1.82) is 0 Å². The molecule has 3 aliphatic rings. The lowest BCUT2D eigenvalue weighted by atomic mass is 10.0. The van der Waals surface area contributed by atoms with Gasteiger partial charge < -0.3 is 14.5 Å². The first-order valence-corrected chi connectivity index (χ1v) is 11.1. The Balaban J connectivity index is 1.61. The molecule has 0 aliphatic carbocycles. The zero-order chi connectivity index (χ0) is 21.4. The quantitative estimate of drug-likeness (QED) is 0.768. The van der Waals surface area contributed by atoms with Crippen molar-refractivity contribution in [3.8, 4) is 5.75 Å². The Labute approximate surface area is 178 Å². The molecule has 0 radical (unpaired) electrons. The van der Waals surface area contributed by atoms with E-state index in [4.69, 9.17) is 4.74 Å². The molecule has 3 fully saturated rings. The van der Waals surface area contributed by atoms with E-state index in [-0.39, 0.29) is 30.4 Å². The highest BCUT2D eigenvalue weighted by Gasteiger charge is 2.56. The van der Waals surface area contributed by atoms with Gasteiger partial charge in [0.2, 0.25) is 0 Å². The molecule has 0 aromatic heterocycles. The molecule has 4 atom stereocenters. The maximum atomic E-state index is 13.4. The number of imide groups is 1. The number of likely N-dealkylation sites (N-methyl/N-ethyl adjacent to an activating group) is 1. The smallest absolute Gasteiger partial charge is 0.327 e. The Kier molecular flexibility index (Phi) is 5.88. The Hall–Kier alpha value is -2.32. The van der Waals surface area contributed by atoms with Gasteiger partial charge in [-0.05, 0) is 43.5 Å². The Morgan fingerprint density at radius 2 is 1.87 bits per heavy atom. The highest BCUT2D eigenvalue weighted by atomic mass is 16.5. The lowest BCUT2D eigenvalue weighted by Gasteiger charge is -2.46. The number of ether oxygens (including phenoxy) is 1. The van der Waals surface area contributed by atoms with E-state index in [1.54, 1.807) is 11.9 Å². The van der Waals surface area contributed by atoms with E-state index in [9.17, 15) is 9.59 Å². The lowest BCUT2D eigenvalue weighted by molar-refractivity contribution is -0.138. The fourth-order valence-electron chi connectivity index (χ4n) is 4.84. The summed E-state index contributed by atoms with van der Waals surface area (Å²) < 4.78 is 5.58. The average molecular weight is 416 g/mol. The van der Waals surface area contributed by atoms with Crippen LogP contribution in [0.25, 0.3) is 0 Å². The molecule has 1 N–H and O–H groups in total. The number of amides is 3. The fraction of sp³-hybridized carbons (Fsp3) is 0.636. The monoisotopic (exact) mass is 415 g/mol. The van der Waals surface area contributed by atoms with Crippen LogP contribution in [-0.2, 0) is 4.79 Å². The molecular weight excluding hydrogens is 382 g/mol. The van der Waals surface area contributed by atoms with Gasteiger partial charge in [0.15, 0.2) is 0 Å². The molecule has 3 saturated heterocycles. The third-order valence-corrected chi connectivity index (χ3v) is 6.30. The zero-order valence-electron chi connectivity index (χ0n) is 18.4. The fourth-order valence-corrected chi connectivity index (χ4v) is 4.84. The Bertz CT molecular complexity index is 785. The number of benzene rings is 1. The van der Waals surface area contributed by atoms with Crippen LogP contribution in [0.1, 0.15) is 33.6 Å². The van der Waals surface area contributed by atoms with E-state index >= 15 is 0 Å². The molecule has 4 rings (SSSR count). The molecule has 1 aromatic rings. The molecule has 30 heavy (non-hydrogen) atoms. The molecule has 8 nitrogen and oxygen atoms in total. The summed E-state index contributed by atoms with van der Waals surface area (Å²) in [6.07, 6.45) is 1.33. The van der Waals surface area contributed by atoms with Crippen molar-refractivity contribution in [2.45, 2.75) is 52.1 Å². The molecule has 4 unspecified atom stereocenters. The second-order valence-electron chi connectivity index (χ2n) is 8.55. The van der Waals surface area contributed by atoms with E-state index in [0.29, 0.717) is 19.1 Å². The molecule has 164 valence electrons. The first kappa shape index (κ1) is 20.9. The number of hydrogen-bond acceptors (Lipinski definition) is 6. The highest BCUT2D eigenvalue weighted by molar-refractivity contribution is 6.00. The number of rotatable bonds is 6. The summed E-state index contributed by atoms with van der Waals surface area (Å²) in [4.78, 5) is 33.9. The predicted molar refractivity (Wildman–Crippen MR) is 115 cm³/mol. The van der Waals surface area contributed by atoms with Gasteiger partial charge in [0.05, 0.1) is 6.61 Å². The number of carbonyl (C=O) groups is 2. The van der Waals surface area contributed by atoms with E-state index in [1.165, 1.54) is 4.90 Å². The van der Waals surface area contributed by atoms with Gasteiger partial charge in [-0.15, -0.1) is 0 Å². The number of hydrogen-bond donors (Lipinski definition) is 1. The summed E-state index contributed by atoms with van der Waals surface area (Å²) >= 11 is 0. The standard InChI is InChI=1S/C22H33N5O3/c1-5-7-12-25-20(28)18-19(24(4)22(25)29)23-21-26(13-15(3)14-27(18)21)16-8-10-17(11-9-16)30-6-2/h8-11,15,18-19,21,23H,5-7,12-14H2,1-4H3. The van der Waals surface area contributed by atoms with E-state index < -0.39 is 0 Å². The summed E-state index contributed by atoms with van der Waals surface area (Å²) in [5.41, 5.74) is 1.08. The molecule has 0 saturated carbocycles. The summed E-state index contributed by atoms with van der Waals surface area (Å²) in [5, 5.41) is 3.57. The van der Waals surface area contributed by atoms with Gasteiger partial charge in [-0.1, -0.05) is 20.3 Å². The van der Waals surface area contributed by atoms with Crippen molar-refractivity contribution in [2.24, 2.45) is 5.92 Å². The van der Waals surface area contributed by atoms with Crippen molar-refractivity contribution in [3.05, 3.63) is 24.3 Å². The minimum atomic E-state index is -0.359. The highest BCUT2D eigenvalue weighted by Crippen LogP contribution is 2.35. The summed E-state index contributed by atoms with van der Waals surface area (Å²) in [6.45, 7) is 9.08. The maximum absolute atomic E-state index is 13.4. The second kappa shape index (κ2) is 8.43. The normalized spacial score (nSPS) is 29.3. The van der Waals surface area contributed by atoms with Crippen LogP contribution in [0.15, 0.2) is 24.3 Å². The SMILES string of the molecule is CCCCN1C(=O)C2C(NC3N(c4ccc(OCC)cc4)CC(C)CN23)N(C)C1=O. The van der Waals surface area contributed by atoms with Gasteiger partial charge in [-0.2, -0.15) is 0 Å². The number of urea groups is 1. The Morgan fingerprint density at radius 1 is 1.13 bits per heavy atom. The van der Waals surface area contributed by atoms with Crippen LogP contribution in [0.2, 0.25) is 0 Å². The number of fused-ring (bicyclic) bond motifs is 3. The van der Waals surface area contributed by atoms with Crippen LogP contribution in [0, 0.1) is 5.92 Å². The summed E-state index contributed by atoms with van der Waals surface area (Å²) in [7, 11) is 1.79. The molecule has 1 aromatic carbocycles. The lowest BCUT2D eigenvalue weighted by Crippen LogP contribution is -2.66. The number of unbranched alkanes of at least 4 members (excludes halogenated alkanes) is 1. The third-order valence-electron chi connectivity index (χ3n) is 6.30. The van der Waals surface area contributed by atoms with Gasteiger partial charge in [-0.3, -0.25) is 19.9 Å². The Morgan fingerprint density at radius 3 is 2.53 bits per heavy atom. The predicted octanol–water partition coefficient (Wildman–Crippen LogP) is 2.12. The molecular formula is C22H33N5O3. The van der Waals surface area contributed by atoms with Gasteiger partial charge in [0, 0.05) is 32.4 Å². The second-order valence-corrected chi connectivity index (χ2v) is 8.55. The minimum absolute atomic E-state index is 0.0766. The topological polar surface area (TPSA) is 68.4 Å². The van der Waals surface area contributed by atoms with Crippen LogP contribution in [0.3, 0.4) is 0 Å². The van der Waals surface area contributed by atoms with Crippen LogP contribution in [0.5, 0.6) is 5.75 Å². The molecule has 3 heterocycles. The van der Waals surface area contributed by atoms with E-state index in [2.05, 4.69) is 41.1 Å². The van der Waals surface area contributed by atoms with Crippen molar-refractivity contribution < 1.29 is 14.3 Å². The molecule has 3 amide bonds. The van der Waals surface area contributed by atoms with E-state index in [0.717, 1.165) is 37.4 Å². The van der Waals surface area contributed by atoms with Crippen molar-refractivity contribution in [3.63, 3.8) is 0 Å². The van der Waals surface area contributed by atoms with Crippen LogP contribution in [0.4, 0.5) is 10.5 Å². The van der Waals surface area contributed by atoms with Crippen molar-refractivity contribution >= 4 is 17.6 Å². The zero-order valence-corrected chi connectivity index (χ0v) is 18.4. The van der Waals surface area contributed by atoms with Gasteiger partial charge >= 0.3 is 6.03 Å². The van der Waals surface area contributed by atoms with Gasteiger partial charge in [0.1, 0.15) is 24.2 Å². The largest absolute Gasteiger partial charge is 0.494 e. The average Bonchev–Trinajstić information content (AvgIpc) is 3.12. The van der Waals surface area contributed by atoms with Crippen LogP contribution in [-0.4, -0.2) is 78.4 Å². The van der Waals surface area contributed by atoms with Crippen LogP contribution >= 0.6 is 0 Å². The van der Waals surface area contributed by atoms with E-state index in [1.807, 2.05) is 19.1 Å². The molecule has 3 aliphatic heterocycles. The summed E-state index contributed by atoms with van der Waals surface area (Å²) in [5.74, 6) is 1.17. The van der Waals surface area contributed by atoms with Gasteiger partial charge in [0.25, 0.3) is 5.91 Å².